The lowest BCUT2D eigenvalue weighted by atomic mass is 10.2. The zero-order valence-electron chi connectivity index (χ0n) is 15.5. The lowest BCUT2D eigenvalue weighted by Gasteiger charge is -2.35. The second-order valence-electron chi connectivity index (χ2n) is 6.48. The van der Waals surface area contributed by atoms with Gasteiger partial charge in [-0.25, -0.2) is 14.8 Å². The van der Waals surface area contributed by atoms with Crippen molar-refractivity contribution in [2.45, 2.75) is 26.4 Å². The largest absolute Gasteiger partial charge is 0.446 e. The van der Waals surface area contributed by atoms with Gasteiger partial charge in [0.15, 0.2) is 5.65 Å². The smallest absolute Gasteiger partial charge is 0.410 e. The highest BCUT2D eigenvalue weighted by Crippen LogP contribution is 2.21. The van der Waals surface area contributed by atoms with Crippen molar-refractivity contribution < 1.29 is 14.3 Å². The molecule has 3 rings (SSSR count). The molecule has 0 aliphatic carbocycles. The van der Waals surface area contributed by atoms with Gasteiger partial charge in [-0.1, -0.05) is 6.92 Å². The number of anilines is 1. The fraction of sp³-hybridized carbons (Fsp3) is 0.444. The van der Waals surface area contributed by atoms with Gasteiger partial charge < -0.3 is 25.3 Å². The molecule has 3 N–H and O–H groups in total. The van der Waals surface area contributed by atoms with Crippen molar-refractivity contribution in [2.75, 3.05) is 31.1 Å². The SMILES string of the molecule is CC[C@H](C)OC(=O)N1CCN(c2cnc3[nH]cc(/C=C/C(N)=O)c3n2)CC1. The zero-order chi connectivity index (χ0) is 19.4. The van der Waals surface area contributed by atoms with Crippen LogP contribution in [0.4, 0.5) is 10.6 Å². The number of aromatic amines is 1. The molecular weight excluding hydrogens is 348 g/mol. The summed E-state index contributed by atoms with van der Waals surface area (Å²) in [6.45, 7) is 6.30. The standard InChI is InChI=1S/C18H24N6O3/c1-3-12(2)27-18(26)24-8-6-23(7-9-24)15-11-21-17-16(22-15)13(10-20-17)4-5-14(19)25/h4-5,10-12H,3,6-9H2,1-2H3,(H2,19,25)(H,20,21)/b5-4+/t12-/m0/s1. The van der Waals surface area contributed by atoms with Crippen LogP contribution in [0.5, 0.6) is 0 Å². The minimum absolute atomic E-state index is 0.0794. The van der Waals surface area contributed by atoms with E-state index in [-0.39, 0.29) is 12.2 Å². The Balaban J connectivity index is 1.69. The van der Waals surface area contributed by atoms with E-state index in [0.717, 1.165) is 17.8 Å². The normalized spacial score (nSPS) is 16.1. The second kappa shape index (κ2) is 8.07. The Bertz CT molecular complexity index is 854. The number of rotatable bonds is 5. The Morgan fingerprint density at radius 3 is 2.78 bits per heavy atom. The molecule has 1 atom stereocenters. The molecule has 0 spiro atoms. The van der Waals surface area contributed by atoms with E-state index < -0.39 is 5.91 Å². The number of ether oxygens (including phenoxy) is 1. The van der Waals surface area contributed by atoms with Crippen LogP contribution in [-0.4, -0.2) is 64.1 Å². The molecule has 1 saturated heterocycles. The number of H-pyrrole nitrogens is 1. The summed E-state index contributed by atoms with van der Waals surface area (Å²) in [4.78, 5) is 39.0. The second-order valence-corrected chi connectivity index (χ2v) is 6.48. The lowest BCUT2D eigenvalue weighted by Crippen LogP contribution is -2.49. The van der Waals surface area contributed by atoms with Gasteiger partial charge in [0.2, 0.25) is 5.91 Å². The van der Waals surface area contributed by atoms with E-state index >= 15 is 0 Å². The molecule has 1 aliphatic rings. The number of nitrogens with one attached hydrogen (secondary N) is 1. The maximum Gasteiger partial charge on any atom is 0.410 e. The van der Waals surface area contributed by atoms with Crippen molar-refractivity contribution in [3.05, 3.63) is 24.0 Å². The zero-order valence-corrected chi connectivity index (χ0v) is 15.5. The van der Waals surface area contributed by atoms with E-state index in [0.29, 0.717) is 37.3 Å². The van der Waals surface area contributed by atoms with Crippen LogP contribution in [0.2, 0.25) is 0 Å². The van der Waals surface area contributed by atoms with Gasteiger partial charge in [0, 0.05) is 44.0 Å². The van der Waals surface area contributed by atoms with Crippen LogP contribution in [0.25, 0.3) is 17.2 Å². The van der Waals surface area contributed by atoms with Crippen LogP contribution in [0.1, 0.15) is 25.8 Å². The van der Waals surface area contributed by atoms with Crippen LogP contribution in [0.15, 0.2) is 18.5 Å². The highest BCUT2D eigenvalue weighted by atomic mass is 16.6. The molecule has 9 heteroatoms. The van der Waals surface area contributed by atoms with Crippen LogP contribution < -0.4 is 10.6 Å². The molecule has 0 radical (unpaired) electrons. The average Bonchev–Trinajstić information content (AvgIpc) is 3.08. The first-order valence-electron chi connectivity index (χ1n) is 9.00. The number of fused-ring (bicyclic) bond motifs is 1. The Morgan fingerprint density at radius 2 is 2.11 bits per heavy atom. The molecule has 2 aromatic rings. The summed E-state index contributed by atoms with van der Waals surface area (Å²) in [6.07, 6.45) is 6.79. The Morgan fingerprint density at radius 1 is 1.37 bits per heavy atom. The first kappa shape index (κ1) is 18.7. The number of hydrogen-bond acceptors (Lipinski definition) is 6. The van der Waals surface area contributed by atoms with Crippen molar-refractivity contribution in [2.24, 2.45) is 5.73 Å². The average molecular weight is 372 g/mol. The Kier molecular flexibility index (Phi) is 5.58. The van der Waals surface area contributed by atoms with E-state index in [1.165, 1.54) is 6.08 Å². The molecule has 3 heterocycles. The quantitative estimate of drug-likeness (QED) is 0.768. The third kappa shape index (κ3) is 4.36. The molecule has 0 saturated carbocycles. The molecule has 0 unspecified atom stereocenters. The summed E-state index contributed by atoms with van der Waals surface area (Å²) in [5.41, 5.74) is 7.21. The van der Waals surface area contributed by atoms with Crippen molar-refractivity contribution in [1.29, 1.82) is 0 Å². The van der Waals surface area contributed by atoms with Crippen molar-refractivity contribution in [3.8, 4) is 0 Å². The van der Waals surface area contributed by atoms with E-state index in [4.69, 9.17) is 10.5 Å². The van der Waals surface area contributed by atoms with E-state index in [9.17, 15) is 9.59 Å². The van der Waals surface area contributed by atoms with Gasteiger partial charge in [0.25, 0.3) is 0 Å². The summed E-state index contributed by atoms with van der Waals surface area (Å²) in [5.74, 6) is 0.208. The Labute approximate surface area is 157 Å². The number of hydrogen-bond donors (Lipinski definition) is 2. The Hall–Kier alpha value is -3.10. The number of nitrogens with two attached hydrogens (primary N) is 1. The van der Waals surface area contributed by atoms with Gasteiger partial charge in [-0.05, 0) is 19.4 Å². The predicted molar refractivity (Wildman–Crippen MR) is 102 cm³/mol. The molecule has 0 bridgehead atoms. The molecule has 1 aliphatic heterocycles. The minimum atomic E-state index is -0.520. The number of carbonyl (C=O) groups is 2. The van der Waals surface area contributed by atoms with E-state index in [2.05, 4.69) is 19.9 Å². The number of nitrogens with zero attached hydrogens (tertiary/aromatic N) is 4. The van der Waals surface area contributed by atoms with Crippen molar-refractivity contribution in [1.82, 2.24) is 19.9 Å². The first-order chi connectivity index (χ1) is 13.0. The highest BCUT2D eigenvalue weighted by Gasteiger charge is 2.24. The van der Waals surface area contributed by atoms with Gasteiger partial charge in [0.05, 0.1) is 6.20 Å². The van der Waals surface area contributed by atoms with Crippen LogP contribution in [0.3, 0.4) is 0 Å². The van der Waals surface area contributed by atoms with E-state index in [1.54, 1.807) is 23.4 Å². The maximum atomic E-state index is 12.1. The number of primary amides is 1. The summed E-state index contributed by atoms with van der Waals surface area (Å²) >= 11 is 0. The minimum Gasteiger partial charge on any atom is -0.446 e. The number of carbonyl (C=O) groups excluding carboxylic acids is 2. The fourth-order valence-electron chi connectivity index (χ4n) is 2.80. The van der Waals surface area contributed by atoms with Gasteiger partial charge in [0.1, 0.15) is 17.4 Å². The molecule has 144 valence electrons. The first-order valence-corrected chi connectivity index (χ1v) is 9.00. The van der Waals surface area contributed by atoms with Gasteiger partial charge in [-0.3, -0.25) is 4.79 Å². The lowest BCUT2D eigenvalue weighted by molar-refractivity contribution is -0.113. The monoisotopic (exact) mass is 372 g/mol. The molecule has 2 amide bonds. The maximum absolute atomic E-state index is 12.1. The molecule has 1 fully saturated rings. The summed E-state index contributed by atoms with van der Waals surface area (Å²) < 4.78 is 5.38. The van der Waals surface area contributed by atoms with Crippen molar-refractivity contribution in [3.63, 3.8) is 0 Å². The molecule has 27 heavy (non-hydrogen) atoms. The number of piperazine rings is 1. The van der Waals surface area contributed by atoms with Gasteiger partial charge in [-0.2, -0.15) is 0 Å². The summed E-state index contributed by atoms with van der Waals surface area (Å²) in [5, 5.41) is 0. The molecule has 9 nitrogen and oxygen atoms in total. The topological polar surface area (TPSA) is 117 Å². The molecular formula is C18H24N6O3. The molecule has 2 aromatic heterocycles. The van der Waals surface area contributed by atoms with Gasteiger partial charge >= 0.3 is 6.09 Å². The number of aromatic nitrogens is 3. The van der Waals surface area contributed by atoms with Crippen molar-refractivity contribution >= 4 is 35.1 Å². The number of amides is 2. The predicted octanol–water partition coefficient (Wildman–Crippen LogP) is 1.51. The van der Waals surface area contributed by atoms with Crippen LogP contribution in [-0.2, 0) is 9.53 Å². The van der Waals surface area contributed by atoms with Crippen LogP contribution in [0, 0.1) is 0 Å². The third-order valence-electron chi connectivity index (χ3n) is 4.56. The van der Waals surface area contributed by atoms with Crippen LogP contribution >= 0.6 is 0 Å². The fourth-order valence-corrected chi connectivity index (χ4v) is 2.80. The van der Waals surface area contributed by atoms with Gasteiger partial charge in [-0.15, -0.1) is 0 Å². The highest BCUT2D eigenvalue weighted by molar-refractivity contribution is 5.93. The summed E-state index contributed by atoms with van der Waals surface area (Å²) in [7, 11) is 0. The summed E-state index contributed by atoms with van der Waals surface area (Å²) in [6, 6.07) is 0. The molecule has 0 aromatic carbocycles. The third-order valence-corrected chi connectivity index (χ3v) is 4.56. The van der Waals surface area contributed by atoms with E-state index in [1.807, 2.05) is 13.8 Å².